The number of ketones is 2. The molecule has 8 heteroatoms. The summed E-state index contributed by atoms with van der Waals surface area (Å²) < 4.78 is 61.7. The Morgan fingerprint density at radius 3 is 2.62 bits per heavy atom. The summed E-state index contributed by atoms with van der Waals surface area (Å²) >= 11 is 0. The van der Waals surface area contributed by atoms with Gasteiger partial charge in [-0.05, 0) is 63.7 Å². The van der Waals surface area contributed by atoms with Crippen molar-refractivity contribution in [3.63, 3.8) is 0 Å². The normalized spacial score (nSPS) is 54.7. The fourth-order valence-corrected chi connectivity index (χ4v) is 7.73. The van der Waals surface area contributed by atoms with Crippen molar-refractivity contribution in [2.24, 2.45) is 22.7 Å². The summed E-state index contributed by atoms with van der Waals surface area (Å²) in [6.45, 7) is 5.42. The topological polar surface area (TPSA) is 93.1 Å². The highest BCUT2D eigenvalue weighted by molar-refractivity contribution is 6.01. The highest BCUT2D eigenvalue weighted by Gasteiger charge is 2.80. The van der Waals surface area contributed by atoms with E-state index in [0.717, 1.165) is 6.08 Å². The minimum atomic E-state index is -2.56. The number of hydrogen-bond donors (Lipinski definition) is 2. The maximum Gasteiger partial charge on any atom is 0.193 e. The lowest BCUT2D eigenvalue weighted by Crippen LogP contribution is -2.71. The van der Waals surface area contributed by atoms with Gasteiger partial charge in [-0.2, -0.15) is 0 Å². The standard InChI is InChI=1S/C24H30F2O6/c1-20(2)31-19-9-13-14-8-16(25)15-7-12(28)5-6-21(15,3)23(14,26)17(29)10-22(13,4)24(19,32-20)18(30)11-27/h5-7,13-14,16-17,19,27,29H,8-11H2,1-4H3/t13-,14-,16-,17-,19+,21-,22-,23-,24+/m0/s1/i5T,6T. The van der Waals surface area contributed by atoms with Gasteiger partial charge in [0.05, 0.1) is 14.9 Å². The molecule has 0 amide bonds. The molecule has 9 atom stereocenters. The van der Waals surface area contributed by atoms with Crippen LogP contribution in [0.15, 0.2) is 23.8 Å². The lowest BCUT2D eigenvalue weighted by molar-refractivity contribution is -0.248. The zero-order chi connectivity index (χ0) is 25.2. The summed E-state index contributed by atoms with van der Waals surface area (Å²) in [6, 6.07) is -1.37. The number of Topliss-reactive ketones (excluding diaryl/α,β-unsaturated/α-hetero) is 1. The number of aliphatic hydroxyl groups excluding tert-OH is 2. The van der Waals surface area contributed by atoms with E-state index in [1.807, 2.05) is 0 Å². The van der Waals surface area contributed by atoms with Gasteiger partial charge >= 0.3 is 0 Å². The fraction of sp³-hybridized carbons (Fsp3) is 0.750. The van der Waals surface area contributed by atoms with Crippen LogP contribution in [0.5, 0.6) is 0 Å². The van der Waals surface area contributed by atoms with Crippen molar-refractivity contribution in [2.75, 3.05) is 6.61 Å². The number of hydrogen-bond acceptors (Lipinski definition) is 6. The SMILES string of the molecule is [3H]C1=C([3H])[C@@]2(C)C(=CC1=O)[C@@H](F)C[C@H]1[C@@H]3C[C@H]4OC(C)(C)O[C@@]4(C(=O)CO)[C@@]3(C)C[C@H](O)[C@@]12F. The quantitative estimate of drug-likeness (QED) is 0.663. The summed E-state index contributed by atoms with van der Waals surface area (Å²) in [4.78, 5) is 25.4. The molecule has 1 heterocycles. The first-order valence-electron chi connectivity index (χ1n) is 12.1. The van der Waals surface area contributed by atoms with Crippen molar-refractivity contribution in [3.05, 3.63) is 23.8 Å². The Morgan fingerprint density at radius 1 is 1.28 bits per heavy atom. The number of carbonyl (C=O) groups excluding carboxylic acids is 2. The highest BCUT2D eigenvalue weighted by Crippen LogP contribution is 2.72. The second-order valence-electron chi connectivity index (χ2n) is 10.8. The molecule has 2 N–H and O–H groups in total. The van der Waals surface area contributed by atoms with E-state index in [-0.39, 0.29) is 24.8 Å². The summed E-state index contributed by atoms with van der Waals surface area (Å²) in [5, 5.41) is 21.2. The van der Waals surface area contributed by atoms with Crippen molar-refractivity contribution in [1.82, 2.24) is 0 Å². The van der Waals surface area contributed by atoms with Gasteiger partial charge in [-0.25, -0.2) is 8.78 Å². The van der Waals surface area contributed by atoms with Gasteiger partial charge in [0.1, 0.15) is 12.8 Å². The second-order valence-corrected chi connectivity index (χ2v) is 10.8. The molecule has 0 spiro atoms. The molecular weight excluding hydrogens is 422 g/mol. The van der Waals surface area contributed by atoms with Crippen LogP contribution in [0.1, 0.15) is 49.7 Å². The van der Waals surface area contributed by atoms with E-state index in [4.69, 9.17) is 12.2 Å². The molecular formula is C24H30F2O6. The third-order valence-electron chi connectivity index (χ3n) is 8.97. The number of aliphatic hydroxyl groups is 2. The Labute approximate surface area is 188 Å². The van der Waals surface area contributed by atoms with E-state index < -0.39 is 88.4 Å². The highest BCUT2D eigenvalue weighted by atomic mass is 19.1. The maximum absolute atomic E-state index is 17.4. The Balaban J connectivity index is 1.69. The molecule has 0 bridgehead atoms. The van der Waals surface area contributed by atoms with E-state index in [1.54, 1.807) is 20.8 Å². The summed E-state index contributed by atoms with van der Waals surface area (Å²) in [5.41, 5.74) is -7.65. The van der Waals surface area contributed by atoms with Crippen molar-refractivity contribution in [2.45, 2.75) is 82.4 Å². The third-order valence-corrected chi connectivity index (χ3v) is 8.97. The lowest BCUT2D eigenvalue weighted by atomic mass is 9.44. The molecule has 0 aromatic heterocycles. The van der Waals surface area contributed by atoms with Crippen LogP contribution in [0.3, 0.4) is 0 Å². The molecule has 0 radical (unpaired) electrons. The molecule has 6 nitrogen and oxygen atoms in total. The largest absolute Gasteiger partial charge is 0.390 e. The first-order chi connectivity index (χ1) is 15.6. The van der Waals surface area contributed by atoms with Crippen LogP contribution < -0.4 is 0 Å². The average Bonchev–Trinajstić information content (AvgIpc) is 3.16. The number of rotatable bonds is 2. The average molecular weight is 457 g/mol. The van der Waals surface area contributed by atoms with Crippen LogP contribution in [-0.2, 0) is 19.1 Å². The number of allylic oxidation sites excluding steroid dienone is 4. The molecule has 0 aromatic rings. The Kier molecular flexibility index (Phi) is 3.95. The van der Waals surface area contributed by atoms with Gasteiger partial charge in [-0.1, -0.05) is 13.0 Å². The van der Waals surface area contributed by atoms with Gasteiger partial charge in [0, 0.05) is 16.7 Å². The molecule has 0 aromatic carbocycles. The predicted octanol–water partition coefficient (Wildman–Crippen LogP) is 2.37. The Bertz CT molecular complexity index is 1060. The predicted molar refractivity (Wildman–Crippen MR) is 109 cm³/mol. The van der Waals surface area contributed by atoms with E-state index in [9.17, 15) is 19.8 Å². The van der Waals surface area contributed by atoms with E-state index >= 15 is 8.78 Å². The summed E-state index contributed by atoms with van der Waals surface area (Å²) in [7, 11) is 0. The molecule has 3 saturated carbocycles. The number of alkyl halides is 2. The van der Waals surface area contributed by atoms with Gasteiger partial charge in [-0.15, -0.1) is 0 Å². The van der Waals surface area contributed by atoms with Crippen LogP contribution >= 0.6 is 0 Å². The second kappa shape index (κ2) is 6.34. The van der Waals surface area contributed by atoms with Crippen LogP contribution in [0, 0.1) is 22.7 Å². The van der Waals surface area contributed by atoms with Crippen molar-refractivity contribution >= 4 is 11.6 Å². The molecule has 32 heavy (non-hydrogen) atoms. The molecule has 1 aliphatic heterocycles. The minimum Gasteiger partial charge on any atom is -0.390 e. The van der Waals surface area contributed by atoms with E-state index in [0.29, 0.717) is 0 Å². The Morgan fingerprint density at radius 2 is 1.97 bits per heavy atom. The first-order valence-corrected chi connectivity index (χ1v) is 11.1. The first kappa shape index (κ1) is 19.9. The molecule has 5 rings (SSSR count). The zero-order valence-electron chi connectivity index (χ0n) is 20.6. The van der Waals surface area contributed by atoms with Gasteiger partial charge in [0.15, 0.2) is 28.6 Å². The summed E-state index contributed by atoms with van der Waals surface area (Å²) in [5.74, 6) is -4.48. The summed E-state index contributed by atoms with van der Waals surface area (Å²) in [6.07, 6.45) is -3.94. The lowest BCUT2D eigenvalue weighted by Gasteiger charge is -2.63. The molecule has 4 aliphatic carbocycles. The van der Waals surface area contributed by atoms with E-state index in [2.05, 4.69) is 0 Å². The molecule has 0 unspecified atom stereocenters. The smallest absolute Gasteiger partial charge is 0.193 e. The van der Waals surface area contributed by atoms with Crippen LogP contribution in [0.25, 0.3) is 0 Å². The van der Waals surface area contributed by atoms with Gasteiger partial charge in [-0.3, -0.25) is 9.59 Å². The van der Waals surface area contributed by atoms with Crippen molar-refractivity contribution < 1.29 is 40.8 Å². The monoisotopic (exact) mass is 456 g/mol. The zero-order valence-corrected chi connectivity index (χ0v) is 18.6. The van der Waals surface area contributed by atoms with Gasteiger partial charge < -0.3 is 19.7 Å². The van der Waals surface area contributed by atoms with Gasteiger partial charge in [0.2, 0.25) is 0 Å². The van der Waals surface area contributed by atoms with Crippen LogP contribution in [0.2, 0.25) is 0 Å². The van der Waals surface area contributed by atoms with Gasteiger partial charge in [0.25, 0.3) is 0 Å². The number of ether oxygens (including phenoxy) is 2. The third kappa shape index (κ3) is 2.32. The van der Waals surface area contributed by atoms with E-state index in [1.165, 1.54) is 6.92 Å². The van der Waals surface area contributed by atoms with Crippen LogP contribution in [0.4, 0.5) is 8.78 Å². The maximum atomic E-state index is 17.4. The molecule has 1 saturated heterocycles. The fourth-order valence-electron chi connectivity index (χ4n) is 7.73. The molecule has 4 fully saturated rings. The number of fused-ring (bicyclic) bond motifs is 7. The van der Waals surface area contributed by atoms with Crippen LogP contribution in [-0.4, -0.2) is 63.8 Å². The van der Waals surface area contributed by atoms with Crippen molar-refractivity contribution in [3.8, 4) is 0 Å². The Hall–Kier alpha value is -1.48. The molecule has 176 valence electrons. The molecule has 5 aliphatic rings. The minimum absolute atomic E-state index is 0.139. The number of carbonyl (C=O) groups is 2. The number of halogens is 2. The van der Waals surface area contributed by atoms with Crippen molar-refractivity contribution in [1.29, 1.82) is 0 Å².